The van der Waals surface area contributed by atoms with E-state index < -0.39 is 23.4 Å². The van der Waals surface area contributed by atoms with Gasteiger partial charge in [-0.2, -0.15) is 11.3 Å². The number of nitrogens with zero attached hydrogens (tertiary/aromatic N) is 3. The zero-order valence-corrected chi connectivity index (χ0v) is 22.9. The van der Waals surface area contributed by atoms with Crippen molar-refractivity contribution in [2.75, 3.05) is 13.1 Å². The highest BCUT2D eigenvalue weighted by Crippen LogP contribution is 2.46. The highest BCUT2D eigenvalue weighted by Gasteiger charge is 2.46. The van der Waals surface area contributed by atoms with Crippen LogP contribution in [0.5, 0.6) is 0 Å². The maximum atomic E-state index is 14.3. The van der Waals surface area contributed by atoms with E-state index in [4.69, 9.17) is 0 Å². The molecule has 1 saturated carbocycles. The lowest BCUT2D eigenvalue weighted by atomic mass is 9.73. The summed E-state index contributed by atoms with van der Waals surface area (Å²) in [7, 11) is 0. The van der Waals surface area contributed by atoms with Crippen LogP contribution in [0, 0.1) is 5.92 Å². The number of carbonyl (C=O) groups is 1. The Morgan fingerprint density at radius 1 is 1.10 bits per heavy atom. The van der Waals surface area contributed by atoms with E-state index in [1.807, 2.05) is 52.5 Å². The number of aromatic nitrogens is 2. The molecule has 0 unspecified atom stereocenters. The summed E-state index contributed by atoms with van der Waals surface area (Å²) in [6, 6.07) is 11.6. The summed E-state index contributed by atoms with van der Waals surface area (Å²) in [4.78, 5) is 34.0. The summed E-state index contributed by atoms with van der Waals surface area (Å²) >= 11 is 2.92. The Hall–Kier alpha value is -2.95. The molecule has 0 bridgehead atoms. The van der Waals surface area contributed by atoms with Gasteiger partial charge in [-0.25, -0.2) is 13.8 Å². The molecule has 1 saturated heterocycles. The zero-order chi connectivity index (χ0) is 27.2. The Morgan fingerprint density at radius 2 is 1.87 bits per heavy atom. The van der Waals surface area contributed by atoms with Gasteiger partial charge in [0.25, 0.3) is 5.56 Å². The summed E-state index contributed by atoms with van der Waals surface area (Å²) in [5.74, 6) is -3.87. The van der Waals surface area contributed by atoms with Crippen LogP contribution in [-0.4, -0.2) is 50.1 Å². The molecule has 1 aliphatic carbocycles. The molecule has 3 aromatic heterocycles. The minimum Gasteiger partial charge on any atom is -0.388 e. The van der Waals surface area contributed by atoms with Gasteiger partial charge in [0, 0.05) is 43.1 Å². The van der Waals surface area contributed by atoms with Gasteiger partial charge in [0.2, 0.25) is 11.8 Å². The quantitative estimate of drug-likeness (QED) is 0.332. The van der Waals surface area contributed by atoms with E-state index >= 15 is 0 Å². The molecule has 1 amide bonds. The van der Waals surface area contributed by atoms with Crippen LogP contribution in [0.4, 0.5) is 8.78 Å². The summed E-state index contributed by atoms with van der Waals surface area (Å²) in [5, 5.41) is 17.4. The van der Waals surface area contributed by atoms with Gasteiger partial charge < -0.3 is 10.0 Å². The number of likely N-dealkylation sites (tertiary alicyclic amines) is 1. The largest absolute Gasteiger partial charge is 0.388 e. The fourth-order valence-corrected chi connectivity index (χ4v) is 7.71. The van der Waals surface area contributed by atoms with Gasteiger partial charge in [-0.05, 0) is 47.2 Å². The molecule has 6 rings (SSSR count). The van der Waals surface area contributed by atoms with Crippen molar-refractivity contribution in [2.45, 2.75) is 56.1 Å². The van der Waals surface area contributed by atoms with Crippen molar-refractivity contribution in [3.63, 3.8) is 0 Å². The molecular weight excluding hydrogens is 540 g/mol. The summed E-state index contributed by atoms with van der Waals surface area (Å²) < 4.78 is 30.0. The Kier molecular flexibility index (Phi) is 6.89. The second-order valence-electron chi connectivity index (χ2n) is 10.8. The molecular formula is C29H29F2N3O3S2. The maximum Gasteiger partial charge on any atom is 0.262 e. The molecule has 6 nitrogen and oxygen atoms in total. The lowest BCUT2D eigenvalue weighted by molar-refractivity contribution is -0.145. The van der Waals surface area contributed by atoms with E-state index in [0.29, 0.717) is 36.8 Å². The maximum absolute atomic E-state index is 14.3. The average molecular weight is 570 g/mol. The first-order chi connectivity index (χ1) is 18.7. The molecule has 4 aromatic rings. The third-order valence-corrected chi connectivity index (χ3v) is 9.92. The van der Waals surface area contributed by atoms with E-state index in [1.165, 1.54) is 33.6 Å². The van der Waals surface area contributed by atoms with Crippen LogP contribution in [0.15, 0.2) is 63.7 Å². The van der Waals surface area contributed by atoms with Crippen molar-refractivity contribution in [1.29, 1.82) is 0 Å². The minimum absolute atomic E-state index is 0.0838. The molecule has 39 heavy (non-hydrogen) atoms. The number of hydrogen-bond acceptors (Lipinski definition) is 6. The van der Waals surface area contributed by atoms with Crippen molar-refractivity contribution in [3.8, 4) is 10.4 Å². The number of halogens is 2. The summed E-state index contributed by atoms with van der Waals surface area (Å²) in [6.45, 7) is 0.722. The first-order valence-corrected chi connectivity index (χ1v) is 15.0. The second kappa shape index (κ2) is 10.2. The van der Waals surface area contributed by atoms with Gasteiger partial charge in [-0.3, -0.25) is 14.2 Å². The van der Waals surface area contributed by atoms with Crippen molar-refractivity contribution >= 4 is 39.5 Å². The number of piperidine rings is 1. The summed E-state index contributed by atoms with van der Waals surface area (Å²) in [5.41, 5.74) is 1.09. The third-order valence-electron chi connectivity index (χ3n) is 8.20. The zero-order valence-electron chi connectivity index (χ0n) is 21.3. The Labute approximate surface area is 232 Å². The second-order valence-corrected chi connectivity index (χ2v) is 12.4. The average Bonchev–Trinajstić information content (AvgIpc) is 3.61. The Morgan fingerprint density at radius 3 is 2.59 bits per heavy atom. The predicted octanol–water partition coefficient (Wildman–Crippen LogP) is 5.76. The van der Waals surface area contributed by atoms with Crippen LogP contribution in [0.2, 0.25) is 0 Å². The van der Waals surface area contributed by atoms with Crippen molar-refractivity contribution in [1.82, 2.24) is 14.5 Å². The van der Waals surface area contributed by atoms with Gasteiger partial charge in [0.05, 0.1) is 34.3 Å². The van der Waals surface area contributed by atoms with Crippen molar-refractivity contribution < 1.29 is 18.7 Å². The van der Waals surface area contributed by atoms with E-state index in [0.717, 1.165) is 16.0 Å². The molecule has 1 N–H and O–H groups in total. The molecule has 1 aromatic carbocycles. The predicted molar refractivity (Wildman–Crippen MR) is 149 cm³/mol. The molecule has 0 spiro atoms. The summed E-state index contributed by atoms with van der Waals surface area (Å²) in [6.07, 6.45) is 1.65. The molecule has 2 atom stereocenters. The number of alkyl halides is 2. The number of carbonyl (C=O) groups excluding carboxylic acids is 1. The third kappa shape index (κ3) is 5.17. The highest BCUT2D eigenvalue weighted by molar-refractivity contribution is 7.15. The molecule has 204 valence electrons. The lowest BCUT2D eigenvalue weighted by Crippen LogP contribution is -2.52. The molecule has 1 aliphatic heterocycles. The van der Waals surface area contributed by atoms with Crippen LogP contribution in [0.25, 0.3) is 21.3 Å². The van der Waals surface area contributed by atoms with Crippen molar-refractivity contribution in [3.05, 3.63) is 74.8 Å². The van der Waals surface area contributed by atoms with Crippen LogP contribution >= 0.6 is 22.7 Å². The van der Waals surface area contributed by atoms with Gasteiger partial charge in [-0.1, -0.05) is 30.3 Å². The number of hydrogen-bond donors (Lipinski definition) is 1. The Bertz CT molecular complexity index is 1530. The van der Waals surface area contributed by atoms with E-state index in [9.17, 15) is 23.5 Å². The molecule has 4 heterocycles. The number of aliphatic hydroxyl groups is 1. The monoisotopic (exact) mass is 569 g/mol. The number of amides is 1. The van der Waals surface area contributed by atoms with Gasteiger partial charge in [0.15, 0.2) is 0 Å². The molecule has 2 fully saturated rings. The highest BCUT2D eigenvalue weighted by atomic mass is 32.1. The van der Waals surface area contributed by atoms with Crippen LogP contribution in [0.1, 0.15) is 43.6 Å². The molecule has 10 heteroatoms. The first kappa shape index (κ1) is 26.3. The van der Waals surface area contributed by atoms with Gasteiger partial charge in [-0.15, -0.1) is 11.3 Å². The fraction of sp³-hybridized carbons (Fsp3) is 0.414. The van der Waals surface area contributed by atoms with E-state index in [1.54, 1.807) is 4.90 Å². The fourth-order valence-electron chi connectivity index (χ4n) is 5.99. The smallest absolute Gasteiger partial charge is 0.262 e. The Balaban J connectivity index is 1.15. The first-order valence-electron chi connectivity index (χ1n) is 13.2. The van der Waals surface area contributed by atoms with Crippen molar-refractivity contribution in [2.24, 2.45) is 5.92 Å². The topological polar surface area (TPSA) is 75.4 Å². The number of benzene rings is 1. The SMILES string of the molecule is O=C([C@H]1CCC(F)(F)C[C@@H]1c1ccsc1)N1CCC(O)(Cn2cnc3c(-c4ccccc4)scc3c2=O)CC1. The minimum atomic E-state index is -2.77. The number of fused-ring (bicyclic) bond motifs is 1. The van der Waals surface area contributed by atoms with Gasteiger partial charge >= 0.3 is 0 Å². The lowest BCUT2D eigenvalue weighted by Gasteiger charge is -2.42. The van der Waals surface area contributed by atoms with E-state index in [-0.39, 0.29) is 37.3 Å². The van der Waals surface area contributed by atoms with E-state index in [2.05, 4.69) is 4.98 Å². The molecule has 2 aliphatic rings. The molecule has 0 radical (unpaired) electrons. The van der Waals surface area contributed by atoms with Crippen LogP contribution in [0.3, 0.4) is 0 Å². The van der Waals surface area contributed by atoms with Crippen LogP contribution in [-0.2, 0) is 11.3 Å². The normalized spacial score (nSPS) is 22.7. The standard InChI is InChI=1S/C29H29F2N3O3S2/c30-29(31)8-6-21(22(14-29)20-7-13-38-15-20)26(35)33-11-9-28(37,10-12-33)17-34-18-32-24-23(27(34)36)16-39-25(24)19-4-2-1-3-5-19/h1-5,7,13,15-16,18,21-22,37H,6,8-12,14,17H2/t21-,22+/m0/s1. The van der Waals surface area contributed by atoms with Crippen LogP contribution < -0.4 is 5.56 Å². The number of rotatable bonds is 5. The van der Waals surface area contributed by atoms with Gasteiger partial charge in [0.1, 0.15) is 0 Å². The number of thiophene rings is 2.